The Morgan fingerprint density at radius 3 is 2.65 bits per heavy atom. The average molecular weight is 391 g/mol. The highest BCUT2D eigenvalue weighted by Crippen LogP contribution is 2.26. The zero-order chi connectivity index (χ0) is 18.7. The second-order valence-corrected chi connectivity index (χ2v) is 8.03. The maximum atomic E-state index is 13.3. The summed E-state index contributed by atoms with van der Waals surface area (Å²) in [5.74, 6) is -0.876. The molecule has 9 heteroatoms. The molecule has 0 fully saturated rings. The first-order chi connectivity index (χ1) is 12.3. The van der Waals surface area contributed by atoms with E-state index in [9.17, 15) is 17.6 Å². The number of nitrogens with zero attached hydrogens (tertiary/aromatic N) is 1. The summed E-state index contributed by atoms with van der Waals surface area (Å²) < 4.78 is 38.5. The van der Waals surface area contributed by atoms with Crippen molar-refractivity contribution in [1.82, 2.24) is 4.98 Å². The van der Waals surface area contributed by atoms with Crippen LogP contribution in [-0.2, 0) is 10.0 Å². The summed E-state index contributed by atoms with van der Waals surface area (Å²) in [5.41, 5.74) is 1.48. The second kappa shape index (κ2) is 7.22. The lowest BCUT2D eigenvalue weighted by Crippen LogP contribution is -2.17. The fraction of sp³-hybridized carbons (Fsp3) is 0.0588. The fourth-order valence-corrected chi connectivity index (χ4v) is 3.54. The van der Waals surface area contributed by atoms with E-state index in [1.807, 2.05) is 0 Å². The highest BCUT2D eigenvalue weighted by molar-refractivity contribution is 7.92. The number of nitrogens with one attached hydrogen (secondary N) is 2. The van der Waals surface area contributed by atoms with Crippen LogP contribution in [0.2, 0.25) is 0 Å². The zero-order valence-electron chi connectivity index (χ0n) is 13.6. The number of amides is 1. The molecular weight excluding hydrogens is 377 g/mol. The van der Waals surface area contributed by atoms with Gasteiger partial charge in [-0.1, -0.05) is 24.3 Å². The van der Waals surface area contributed by atoms with Crippen LogP contribution in [-0.4, -0.2) is 25.6 Å². The molecule has 3 aromatic rings. The molecule has 0 saturated heterocycles. The van der Waals surface area contributed by atoms with Gasteiger partial charge in [-0.05, 0) is 24.3 Å². The van der Waals surface area contributed by atoms with E-state index in [1.165, 1.54) is 35.6 Å². The van der Waals surface area contributed by atoms with Crippen molar-refractivity contribution in [2.75, 3.05) is 16.3 Å². The predicted octanol–water partition coefficient (Wildman–Crippen LogP) is 3.57. The van der Waals surface area contributed by atoms with E-state index in [2.05, 4.69) is 15.0 Å². The summed E-state index contributed by atoms with van der Waals surface area (Å²) in [5, 5.41) is 4.65. The summed E-state index contributed by atoms with van der Waals surface area (Å²) in [4.78, 5) is 16.8. The highest BCUT2D eigenvalue weighted by atomic mass is 32.2. The van der Waals surface area contributed by atoms with Gasteiger partial charge in [0.05, 0.1) is 23.2 Å². The number of anilines is 2. The molecule has 3 rings (SSSR count). The lowest BCUT2D eigenvalue weighted by atomic mass is 10.2. The van der Waals surface area contributed by atoms with Crippen molar-refractivity contribution in [3.8, 4) is 11.3 Å². The third-order valence-electron chi connectivity index (χ3n) is 3.31. The number of sulfonamides is 1. The minimum atomic E-state index is -3.52. The molecule has 2 aromatic carbocycles. The summed E-state index contributed by atoms with van der Waals surface area (Å²) in [6.45, 7) is 0. The maximum absolute atomic E-state index is 13.3. The molecule has 1 amide bonds. The lowest BCUT2D eigenvalue weighted by Gasteiger charge is -2.09. The predicted molar refractivity (Wildman–Crippen MR) is 100 cm³/mol. The standard InChI is InChI=1S/C17H14FN3O3S2/c1-26(23,24)21-14-8-3-2-7-13(14)16(22)20-17-19-15(10-25-17)11-5-4-6-12(18)9-11/h2-10,21H,1H3,(H,19,20,22). The molecule has 0 atom stereocenters. The van der Waals surface area contributed by atoms with Gasteiger partial charge in [-0.2, -0.15) is 0 Å². The van der Waals surface area contributed by atoms with E-state index >= 15 is 0 Å². The SMILES string of the molecule is CS(=O)(=O)Nc1ccccc1C(=O)Nc1nc(-c2cccc(F)c2)cs1. The van der Waals surface area contributed by atoms with Gasteiger partial charge in [0, 0.05) is 10.9 Å². The Morgan fingerprint density at radius 2 is 1.92 bits per heavy atom. The topological polar surface area (TPSA) is 88.2 Å². The largest absolute Gasteiger partial charge is 0.298 e. The smallest absolute Gasteiger partial charge is 0.259 e. The fourth-order valence-electron chi connectivity index (χ4n) is 2.25. The summed E-state index contributed by atoms with van der Waals surface area (Å²) in [6, 6.07) is 12.2. The number of para-hydroxylation sites is 1. The second-order valence-electron chi connectivity index (χ2n) is 5.42. The van der Waals surface area contributed by atoms with Crippen molar-refractivity contribution >= 4 is 38.1 Å². The molecule has 134 valence electrons. The first kappa shape index (κ1) is 18.0. The van der Waals surface area contributed by atoms with Crippen LogP contribution >= 0.6 is 11.3 Å². The molecule has 0 aliphatic heterocycles. The summed E-state index contributed by atoms with van der Waals surface area (Å²) in [7, 11) is -3.52. The van der Waals surface area contributed by atoms with Crippen LogP contribution in [0.25, 0.3) is 11.3 Å². The van der Waals surface area contributed by atoms with Crippen molar-refractivity contribution in [1.29, 1.82) is 0 Å². The molecule has 1 aromatic heterocycles. The van der Waals surface area contributed by atoms with Crippen LogP contribution < -0.4 is 10.0 Å². The Balaban J connectivity index is 1.81. The van der Waals surface area contributed by atoms with E-state index in [0.717, 1.165) is 6.26 Å². The highest BCUT2D eigenvalue weighted by Gasteiger charge is 2.15. The summed E-state index contributed by atoms with van der Waals surface area (Å²) >= 11 is 1.19. The molecule has 0 aliphatic rings. The van der Waals surface area contributed by atoms with Crippen LogP contribution in [0.1, 0.15) is 10.4 Å². The number of halogens is 1. The van der Waals surface area contributed by atoms with E-state index in [1.54, 1.807) is 29.6 Å². The minimum Gasteiger partial charge on any atom is -0.298 e. The number of thiazole rings is 1. The van der Waals surface area contributed by atoms with Gasteiger partial charge < -0.3 is 0 Å². The van der Waals surface area contributed by atoms with Crippen LogP contribution in [0.4, 0.5) is 15.2 Å². The molecule has 0 bridgehead atoms. The third kappa shape index (κ3) is 4.44. The minimum absolute atomic E-state index is 0.167. The Bertz CT molecular complexity index is 1060. The maximum Gasteiger partial charge on any atom is 0.259 e. The molecule has 0 spiro atoms. The van der Waals surface area contributed by atoms with Gasteiger partial charge in [-0.3, -0.25) is 14.8 Å². The van der Waals surface area contributed by atoms with E-state index < -0.39 is 15.9 Å². The first-order valence-corrected chi connectivity index (χ1v) is 10.2. The van der Waals surface area contributed by atoms with Crippen LogP contribution in [0.15, 0.2) is 53.9 Å². The van der Waals surface area contributed by atoms with Gasteiger partial charge >= 0.3 is 0 Å². The number of rotatable bonds is 5. The number of carbonyl (C=O) groups is 1. The third-order valence-corrected chi connectivity index (χ3v) is 4.66. The van der Waals surface area contributed by atoms with E-state index in [-0.39, 0.29) is 17.1 Å². The Labute approximate surface area is 153 Å². The molecule has 26 heavy (non-hydrogen) atoms. The van der Waals surface area contributed by atoms with Crippen molar-refractivity contribution in [2.45, 2.75) is 0 Å². The molecule has 2 N–H and O–H groups in total. The molecule has 0 aliphatic carbocycles. The van der Waals surface area contributed by atoms with Gasteiger partial charge in [0.25, 0.3) is 5.91 Å². The molecule has 0 unspecified atom stereocenters. The number of benzene rings is 2. The molecular formula is C17H14FN3O3S2. The summed E-state index contributed by atoms with van der Waals surface area (Å²) in [6.07, 6.45) is 1.01. The molecule has 1 heterocycles. The van der Waals surface area contributed by atoms with Crippen LogP contribution in [0, 0.1) is 5.82 Å². The van der Waals surface area contributed by atoms with Gasteiger partial charge in [-0.25, -0.2) is 17.8 Å². The molecule has 0 radical (unpaired) electrons. The Hall–Kier alpha value is -2.78. The number of hydrogen-bond acceptors (Lipinski definition) is 5. The zero-order valence-corrected chi connectivity index (χ0v) is 15.2. The van der Waals surface area contributed by atoms with E-state index in [0.29, 0.717) is 16.4 Å². The first-order valence-electron chi connectivity index (χ1n) is 7.41. The van der Waals surface area contributed by atoms with Crippen molar-refractivity contribution in [3.05, 3.63) is 65.3 Å². The number of hydrogen-bond donors (Lipinski definition) is 2. The number of carbonyl (C=O) groups excluding carboxylic acids is 1. The van der Waals surface area contributed by atoms with Crippen molar-refractivity contribution < 1.29 is 17.6 Å². The Kier molecular flexibility index (Phi) is 5.01. The van der Waals surface area contributed by atoms with Gasteiger partial charge in [0.2, 0.25) is 10.0 Å². The molecule has 6 nitrogen and oxygen atoms in total. The lowest BCUT2D eigenvalue weighted by molar-refractivity contribution is 0.102. The van der Waals surface area contributed by atoms with Crippen LogP contribution in [0.3, 0.4) is 0 Å². The monoisotopic (exact) mass is 391 g/mol. The average Bonchev–Trinajstić information content (AvgIpc) is 3.02. The van der Waals surface area contributed by atoms with Crippen molar-refractivity contribution in [2.24, 2.45) is 0 Å². The Morgan fingerprint density at radius 1 is 1.15 bits per heavy atom. The van der Waals surface area contributed by atoms with Crippen molar-refractivity contribution in [3.63, 3.8) is 0 Å². The van der Waals surface area contributed by atoms with Gasteiger partial charge in [0.15, 0.2) is 5.13 Å². The normalized spacial score (nSPS) is 11.2. The quantitative estimate of drug-likeness (QED) is 0.696. The van der Waals surface area contributed by atoms with Gasteiger partial charge in [0.1, 0.15) is 5.82 Å². The van der Waals surface area contributed by atoms with Crippen LogP contribution in [0.5, 0.6) is 0 Å². The van der Waals surface area contributed by atoms with Gasteiger partial charge in [-0.15, -0.1) is 11.3 Å². The number of aromatic nitrogens is 1. The molecule has 0 saturated carbocycles. The van der Waals surface area contributed by atoms with E-state index in [4.69, 9.17) is 0 Å².